The first kappa shape index (κ1) is 17.6. The highest BCUT2D eigenvalue weighted by Gasteiger charge is 2.31. The van der Waals surface area contributed by atoms with Crippen molar-refractivity contribution in [2.45, 2.75) is 44.7 Å². The van der Waals surface area contributed by atoms with Crippen LogP contribution in [-0.4, -0.2) is 12.8 Å². The van der Waals surface area contributed by atoms with Gasteiger partial charge in [-0.05, 0) is 23.6 Å². The molecule has 0 heterocycles. The number of carbonyl (C=O) groups is 1. The predicted octanol–water partition coefficient (Wildman–Crippen LogP) is 4.81. The van der Waals surface area contributed by atoms with Crippen LogP contribution in [0.3, 0.4) is 0 Å². The maximum atomic E-state index is 12.9. The summed E-state index contributed by atoms with van der Waals surface area (Å²) in [5, 5.41) is 2.78. The van der Waals surface area contributed by atoms with Crippen LogP contribution in [0.2, 0.25) is 0 Å². The minimum Gasteiger partial charge on any atom is -0.393 e. The number of allylic oxidation sites excluding steroid dienone is 1. The fourth-order valence-electron chi connectivity index (χ4n) is 3.10. The molecule has 0 bridgehead atoms. The molecule has 0 atom stereocenters. The Balaban J connectivity index is 2.21. The number of rotatable bonds is 5. The molecule has 1 saturated carbocycles. The number of Topliss-reactive ketones (excluding diaryl/α,β-unsaturated/α-hetero) is 1. The molecule has 0 aliphatic heterocycles. The molecule has 1 N–H and O–H groups in total. The Morgan fingerprint density at radius 1 is 1.26 bits per heavy atom. The van der Waals surface area contributed by atoms with Gasteiger partial charge in [0, 0.05) is 25.2 Å². The Labute approximate surface area is 134 Å². The summed E-state index contributed by atoms with van der Waals surface area (Å²) in [6.07, 6.45) is 3.02. The highest BCUT2D eigenvalue weighted by atomic mass is 19.4. The minimum absolute atomic E-state index is 0.0921. The number of hydrogen-bond donors (Lipinski definition) is 1. The van der Waals surface area contributed by atoms with Gasteiger partial charge in [0.1, 0.15) is 0 Å². The molecule has 0 spiro atoms. The second-order valence-electron chi connectivity index (χ2n) is 6.06. The lowest BCUT2D eigenvalue weighted by Crippen LogP contribution is -2.15. The smallest absolute Gasteiger partial charge is 0.393 e. The van der Waals surface area contributed by atoms with Crippen LogP contribution < -0.4 is 5.32 Å². The number of hydrogen-bond acceptors (Lipinski definition) is 2. The van der Waals surface area contributed by atoms with Crippen molar-refractivity contribution in [3.63, 3.8) is 0 Å². The Morgan fingerprint density at radius 2 is 1.96 bits per heavy atom. The van der Waals surface area contributed by atoms with Crippen LogP contribution in [0.1, 0.15) is 49.7 Å². The fraction of sp³-hybridized carbons (Fsp3) is 0.500. The molecule has 23 heavy (non-hydrogen) atoms. The minimum atomic E-state index is -4.41. The largest absolute Gasteiger partial charge is 0.416 e. The highest BCUT2D eigenvalue weighted by Crippen LogP contribution is 2.32. The summed E-state index contributed by atoms with van der Waals surface area (Å²) in [5.74, 6) is 0.257. The first-order valence-electron chi connectivity index (χ1n) is 8.00. The normalized spacial score (nSPS) is 17.1. The molecule has 0 unspecified atom stereocenters. The third-order valence-electron chi connectivity index (χ3n) is 4.29. The number of halogens is 3. The van der Waals surface area contributed by atoms with E-state index < -0.39 is 11.7 Å². The maximum Gasteiger partial charge on any atom is 0.416 e. The van der Waals surface area contributed by atoms with Crippen molar-refractivity contribution in [3.05, 3.63) is 41.6 Å². The molecule has 0 saturated heterocycles. The van der Waals surface area contributed by atoms with E-state index in [2.05, 4.69) is 5.32 Å². The zero-order valence-corrected chi connectivity index (χ0v) is 13.2. The third-order valence-corrected chi connectivity index (χ3v) is 4.29. The summed E-state index contributed by atoms with van der Waals surface area (Å²) >= 11 is 0. The van der Waals surface area contributed by atoms with Gasteiger partial charge in [-0.25, -0.2) is 0 Å². The molecule has 1 aliphatic rings. The van der Waals surface area contributed by atoms with Gasteiger partial charge in [-0.15, -0.1) is 0 Å². The van der Waals surface area contributed by atoms with Crippen LogP contribution in [0.4, 0.5) is 13.2 Å². The number of ketones is 1. The van der Waals surface area contributed by atoms with Gasteiger partial charge in [0.15, 0.2) is 5.78 Å². The second-order valence-corrected chi connectivity index (χ2v) is 6.06. The molecular formula is C18H22F3NO. The van der Waals surface area contributed by atoms with E-state index in [4.69, 9.17) is 0 Å². The van der Waals surface area contributed by atoms with Crippen molar-refractivity contribution >= 4 is 11.4 Å². The number of nitrogens with one attached hydrogen (secondary N) is 1. The maximum absolute atomic E-state index is 12.9. The van der Waals surface area contributed by atoms with Crippen LogP contribution in [0.15, 0.2) is 30.5 Å². The quantitative estimate of drug-likeness (QED) is 0.788. The van der Waals surface area contributed by atoms with Crippen molar-refractivity contribution in [2.24, 2.45) is 5.92 Å². The van der Waals surface area contributed by atoms with Gasteiger partial charge in [0.25, 0.3) is 0 Å². The molecule has 2 nitrogen and oxygen atoms in total. The molecule has 1 aliphatic carbocycles. The second kappa shape index (κ2) is 7.66. The van der Waals surface area contributed by atoms with Crippen LogP contribution in [0.25, 0.3) is 5.57 Å². The molecule has 1 fully saturated rings. The van der Waals surface area contributed by atoms with E-state index in [1.807, 2.05) is 0 Å². The lowest BCUT2D eigenvalue weighted by molar-refractivity contribution is -0.137. The van der Waals surface area contributed by atoms with Crippen LogP contribution >= 0.6 is 0 Å². The molecular weight excluding hydrogens is 303 g/mol. The zero-order chi connectivity index (χ0) is 16.9. The van der Waals surface area contributed by atoms with E-state index in [1.165, 1.54) is 18.7 Å². The first-order chi connectivity index (χ1) is 10.9. The van der Waals surface area contributed by atoms with Gasteiger partial charge in [0.2, 0.25) is 0 Å². The Bertz CT molecular complexity index is 572. The summed E-state index contributed by atoms with van der Waals surface area (Å²) in [7, 11) is 1.64. The Kier molecular flexibility index (Phi) is 5.85. The lowest BCUT2D eigenvalue weighted by Gasteiger charge is -2.21. The average molecular weight is 325 g/mol. The summed E-state index contributed by atoms with van der Waals surface area (Å²) in [5.41, 5.74) is -0.0957. The lowest BCUT2D eigenvalue weighted by atomic mass is 9.84. The van der Waals surface area contributed by atoms with Crippen molar-refractivity contribution in [3.8, 4) is 0 Å². The fourth-order valence-corrected chi connectivity index (χ4v) is 3.10. The molecule has 0 radical (unpaired) electrons. The highest BCUT2D eigenvalue weighted by molar-refractivity contribution is 6.20. The van der Waals surface area contributed by atoms with Crippen molar-refractivity contribution < 1.29 is 18.0 Å². The number of benzene rings is 1. The molecule has 5 heteroatoms. The summed E-state index contributed by atoms with van der Waals surface area (Å²) in [4.78, 5) is 12.6. The van der Waals surface area contributed by atoms with Crippen LogP contribution in [0, 0.1) is 5.92 Å². The van der Waals surface area contributed by atoms with E-state index in [-0.39, 0.29) is 5.78 Å². The predicted molar refractivity (Wildman–Crippen MR) is 84.7 cm³/mol. The van der Waals surface area contributed by atoms with Crippen molar-refractivity contribution in [2.75, 3.05) is 7.05 Å². The summed E-state index contributed by atoms with van der Waals surface area (Å²) in [6.45, 7) is 0. The molecule has 2 rings (SSSR count). The number of carbonyl (C=O) groups excluding carboxylic acids is 1. The molecule has 1 aromatic carbocycles. The number of alkyl halides is 3. The van der Waals surface area contributed by atoms with Crippen LogP contribution in [-0.2, 0) is 11.0 Å². The molecule has 1 aromatic rings. The molecule has 0 amide bonds. The van der Waals surface area contributed by atoms with Gasteiger partial charge in [0.05, 0.1) is 5.56 Å². The van der Waals surface area contributed by atoms with Gasteiger partial charge in [-0.3, -0.25) is 4.79 Å². The van der Waals surface area contributed by atoms with Crippen LogP contribution in [0.5, 0.6) is 0 Å². The van der Waals surface area contributed by atoms with E-state index in [9.17, 15) is 18.0 Å². The van der Waals surface area contributed by atoms with E-state index >= 15 is 0 Å². The summed E-state index contributed by atoms with van der Waals surface area (Å²) < 4.78 is 38.6. The Morgan fingerprint density at radius 3 is 2.57 bits per heavy atom. The molecule has 126 valence electrons. The van der Waals surface area contributed by atoms with Gasteiger partial charge in [-0.1, -0.05) is 44.2 Å². The van der Waals surface area contributed by atoms with Crippen molar-refractivity contribution in [1.82, 2.24) is 5.32 Å². The van der Waals surface area contributed by atoms with Crippen molar-refractivity contribution in [1.29, 1.82) is 0 Å². The zero-order valence-electron chi connectivity index (χ0n) is 13.2. The monoisotopic (exact) mass is 325 g/mol. The van der Waals surface area contributed by atoms with E-state index in [0.717, 1.165) is 37.8 Å². The van der Waals surface area contributed by atoms with E-state index in [0.29, 0.717) is 23.5 Å². The first-order valence-corrected chi connectivity index (χ1v) is 8.00. The van der Waals surface area contributed by atoms with E-state index in [1.54, 1.807) is 13.1 Å². The summed E-state index contributed by atoms with van der Waals surface area (Å²) in [6, 6.07) is 4.96. The van der Waals surface area contributed by atoms with Gasteiger partial charge < -0.3 is 5.32 Å². The standard InChI is InChI=1S/C18H22F3NO/c1-22-12-16(17(23)10-13-6-3-2-4-7-13)14-8-5-9-15(11-14)18(19,20)21/h5,8-9,11-13,22H,2-4,6-7,10H2,1H3. The van der Waals surface area contributed by atoms with Gasteiger partial charge >= 0.3 is 6.18 Å². The Hall–Kier alpha value is -1.78. The average Bonchev–Trinajstić information content (AvgIpc) is 2.53. The third kappa shape index (κ3) is 4.85. The SMILES string of the molecule is CNC=C(C(=O)CC1CCCCC1)c1cccc(C(F)(F)F)c1. The van der Waals surface area contributed by atoms with Gasteiger partial charge in [-0.2, -0.15) is 13.2 Å². The topological polar surface area (TPSA) is 29.1 Å². The molecule has 0 aromatic heterocycles.